The standard InChI is InChI=1S/C15H13N3O3/c1-9-7-11(5-6-16-9)17-14(19)10-3-4-13-12(8-10)18(2)15(20)21-13/h3-8H,1-2H3,(H,16,17,19). The summed E-state index contributed by atoms with van der Waals surface area (Å²) in [4.78, 5) is 27.7. The van der Waals surface area contributed by atoms with Gasteiger partial charge in [0.05, 0.1) is 5.52 Å². The molecule has 2 aromatic heterocycles. The van der Waals surface area contributed by atoms with Gasteiger partial charge in [-0.05, 0) is 37.3 Å². The van der Waals surface area contributed by atoms with Crippen molar-refractivity contribution in [1.82, 2.24) is 9.55 Å². The maximum atomic E-state index is 12.2. The number of oxazole rings is 1. The van der Waals surface area contributed by atoms with Crippen molar-refractivity contribution < 1.29 is 9.21 Å². The third kappa shape index (κ3) is 2.43. The van der Waals surface area contributed by atoms with Crippen molar-refractivity contribution in [3.05, 3.63) is 58.3 Å². The van der Waals surface area contributed by atoms with Crippen LogP contribution in [-0.4, -0.2) is 15.5 Å². The average molecular weight is 283 g/mol. The van der Waals surface area contributed by atoms with Gasteiger partial charge in [0.1, 0.15) is 0 Å². The van der Waals surface area contributed by atoms with Crippen molar-refractivity contribution in [2.24, 2.45) is 7.05 Å². The Hall–Kier alpha value is -2.89. The maximum absolute atomic E-state index is 12.2. The molecule has 6 nitrogen and oxygen atoms in total. The lowest BCUT2D eigenvalue weighted by Gasteiger charge is -2.05. The fourth-order valence-corrected chi connectivity index (χ4v) is 2.09. The molecule has 1 N–H and O–H groups in total. The Morgan fingerprint density at radius 3 is 2.86 bits per heavy atom. The molecule has 1 amide bonds. The van der Waals surface area contributed by atoms with E-state index in [1.807, 2.05) is 6.92 Å². The number of rotatable bonds is 2. The van der Waals surface area contributed by atoms with Gasteiger partial charge in [-0.15, -0.1) is 0 Å². The summed E-state index contributed by atoms with van der Waals surface area (Å²) in [5.41, 5.74) is 2.99. The van der Waals surface area contributed by atoms with E-state index in [4.69, 9.17) is 4.42 Å². The molecule has 0 saturated heterocycles. The van der Waals surface area contributed by atoms with Crippen LogP contribution in [-0.2, 0) is 7.05 Å². The SMILES string of the molecule is Cc1cc(NC(=O)c2ccc3oc(=O)n(C)c3c2)ccn1. The fourth-order valence-electron chi connectivity index (χ4n) is 2.09. The van der Waals surface area contributed by atoms with Crippen molar-refractivity contribution in [3.8, 4) is 0 Å². The molecule has 0 bridgehead atoms. The summed E-state index contributed by atoms with van der Waals surface area (Å²) >= 11 is 0. The Kier molecular flexibility index (Phi) is 3.06. The lowest BCUT2D eigenvalue weighted by Crippen LogP contribution is -2.12. The van der Waals surface area contributed by atoms with Crippen LogP contribution in [0.5, 0.6) is 0 Å². The molecule has 2 heterocycles. The molecule has 3 rings (SSSR count). The number of carbonyl (C=O) groups excluding carboxylic acids is 1. The molecule has 0 aliphatic rings. The number of pyridine rings is 1. The summed E-state index contributed by atoms with van der Waals surface area (Å²) in [5, 5.41) is 2.79. The summed E-state index contributed by atoms with van der Waals surface area (Å²) in [6, 6.07) is 8.36. The Morgan fingerprint density at radius 2 is 2.10 bits per heavy atom. The van der Waals surface area contributed by atoms with E-state index < -0.39 is 5.76 Å². The van der Waals surface area contributed by atoms with Crippen LogP contribution < -0.4 is 11.1 Å². The molecule has 0 unspecified atom stereocenters. The predicted octanol–water partition coefficient (Wildman–Crippen LogP) is 2.09. The van der Waals surface area contributed by atoms with Crippen LogP contribution in [0, 0.1) is 6.92 Å². The van der Waals surface area contributed by atoms with Gasteiger partial charge in [0.25, 0.3) is 5.91 Å². The lowest BCUT2D eigenvalue weighted by atomic mass is 10.2. The topological polar surface area (TPSA) is 77.1 Å². The van der Waals surface area contributed by atoms with Crippen LogP contribution in [0.15, 0.2) is 45.7 Å². The van der Waals surface area contributed by atoms with E-state index in [0.717, 1.165) is 5.69 Å². The van der Waals surface area contributed by atoms with E-state index in [1.54, 1.807) is 43.6 Å². The van der Waals surface area contributed by atoms with Gasteiger partial charge in [0.2, 0.25) is 0 Å². The van der Waals surface area contributed by atoms with Crippen molar-refractivity contribution >= 4 is 22.7 Å². The normalized spacial score (nSPS) is 10.8. The second kappa shape index (κ2) is 4.90. The third-order valence-electron chi connectivity index (χ3n) is 3.21. The molecule has 1 aromatic carbocycles. The molecule has 106 valence electrons. The smallest absolute Gasteiger partial charge is 0.408 e. The van der Waals surface area contributed by atoms with Gasteiger partial charge >= 0.3 is 5.76 Å². The van der Waals surface area contributed by atoms with E-state index >= 15 is 0 Å². The molecule has 0 radical (unpaired) electrons. The second-order valence-electron chi connectivity index (χ2n) is 4.75. The number of hydrogen-bond donors (Lipinski definition) is 1. The molecule has 6 heteroatoms. The molecule has 21 heavy (non-hydrogen) atoms. The van der Waals surface area contributed by atoms with Crippen LogP contribution in [0.2, 0.25) is 0 Å². The van der Waals surface area contributed by atoms with Gasteiger partial charge < -0.3 is 9.73 Å². The zero-order valence-electron chi connectivity index (χ0n) is 11.6. The minimum absolute atomic E-state index is 0.254. The quantitative estimate of drug-likeness (QED) is 0.781. The second-order valence-corrected chi connectivity index (χ2v) is 4.75. The Balaban J connectivity index is 1.94. The average Bonchev–Trinajstić information content (AvgIpc) is 2.74. The zero-order chi connectivity index (χ0) is 15.0. The van der Waals surface area contributed by atoms with Crippen molar-refractivity contribution in [1.29, 1.82) is 0 Å². The van der Waals surface area contributed by atoms with E-state index in [9.17, 15) is 9.59 Å². The third-order valence-corrected chi connectivity index (χ3v) is 3.21. The number of amides is 1. The molecule has 0 fully saturated rings. The van der Waals surface area contributed by atoms with Crippen LogP contribution in [0.1, 0.15) is 16.1 Å². The Labute approximate surface area is 120 Å². The molecular weight excluding hydrogens is 270 g/mol. The van der Waals surface area contributed by atoms with Crippen molar-refractivity contribution in [3.63, 3.8) is 0 Å². The number of carbonyl (C=O) groups is 1. The number of nitrogens with zero attached hydrogens (tertiary/aromatic N) is 2. The highest BCUT2D eigenvalue weighted by atomic mass is 16.4. The van der Waals surface area contributed by atoms with Gasteiger partial charge in [-0.25, -0.2) is 4.79 Å². The first-order valence-electron chi connectivity index (χ1n) is 6.38. The first-order valence-corrected chi connectivity index (χ1v) is 6.38. The molecule has 3 aromatic rings. The highest BCUT2D eigenvalue weighted by Crippen LogP contribution is 2.16. The monoisotopic (exact) mass is 283 g/mol. The number of nitrogens with one attached hydrogen (secondary N) is 1. The number of anilines is 1. The molecular formula is C15H13N3O3. The molecule has 0 aliphatic heterocycles. The number of aryl methyl sites for hydroxylation is 2. The maximum Gasteiger partial charge on any atom is 0.419 e. The van der Waals surface area contributed by atoms with E-state index in [-0.39, 0.29) is 5.91 Å². The number of fused-ring (bicyclic) bond motifs is 1. The van der Waals surface area contributed by atoms with E-state index in [2.05, 4.69) is 10.3 Å². The first kappa shape index (κ1) is 13.1. The van der Waals surface area contributed by atoms with Crippen molar-refractivity contribution in [2.45, 2.75) is 6.92 Å². The van der Waals surface area contributed by atoms with Gasteiger partial charge in [-0.1, -0.05) is 0 Å². The number of benzene rings is 1. The molecule has 0 atom stereocenters. The van der Waals surface area contributed by atoms with E-state index in [0.29, 0.717) is 22.4 Å². The number of aromatic nitrogens is 2. The predicted molar refractivity (Wildman–Crippen MR) is 78.4 cm³/mol. The van der Waals surface area contributed by atoms with Gasteiger partial charge in [0.15, 0.2) is 5.58 Å². The van der Waals surface area contributed by atoms with Crippen LogP contribution in [0.4, 0.5) is 5.69 Å². The van der Waals surface area contributed by atoms with Crippen LogP contribution >= 0.6 is 0 Å². The summed E-state index contributed by atoms with van der Waals surface area (Å²) in [6.07, 6.45) is 1.63. The van der Waals surface area contributed by atoms with Crippen molar-refractivity contribution in [2.75, 3.05) is 5.32 Å². The van der Waals surface area contributed by atoms with Gasteiger partial charge in [-0.3, -0.25) is 14.3 Å². The van der Waals surface area contributed by atoms with Crippen LogP contribution in [0.25, 0.3) is 11.1 Å². The van der Waals surface area contributed by atoms with E-state index in [1.165, 1.54) is 4.57 Å². The Morgan fingerprint density at radius 1 is 1.29 bits per heavy atom. The highest BCUT2D eigenvalue weighted by molar-refractivity contribution is 6.05. The Bertz CT molecular complexity index is 893. The largest absolute Gasteiger partial charge is 0.419 e. The first-order chi connectivity index (χ1) is 10.0. The minimum Gasteiger partial charge on any atom is -0.408 e. The lowest BCUT2D eigenvalue weighted by molar-refractivity contribution is 0.102. The zero-order valence-corrected chi connectivity index (χ0v) is 11.6. The number of hydrogen-bond acceptors (Lipinski definition) is 4. The summed E-state index contributed by atoms with van der Waals surface area (Å²) in [6.45, 7) is 1.85. The van der Waals surface area contributed by atoms with Gasteiger partial charge in [0, 0.05) is 30.2 Å². The molecule has 0 spiro atoms. The molecule has 0 aliphatic carbocycles. The summed E-state index contributed by atoms with van der Waals surface area (Å²) < 4.78 is 6.40. The highest BCUT2D eigenvalue weighted by Gasteiger charge is 2.11. The fraction of sp³-hybridized carbons (Fsp3) is 0.133. The molecule has 0 saturated carbocycles. The summed E-state index contributed by atoms with van der Waals surface area (Å²) in [5.74, 6) is -0.705. The van der Waals surface area contributed by atoms with Crippen LogP contribution in [0.3, 0.4) is 0 Å². The summed E-state index contributed by atoms with van der Waals surface area (Å²) in [7, 11) is 1.60. The minimum atomic E-state index is -0.452. The van der Waals surface area contributed by atoms with Gasteiger partial charge in [-0.2, -0.15) is 0 Å².